The van der Waals surface area contributed by atoms with E-state index in [1.807, 2.05) is 52.0 Å². The summed E-state index contributed by atoms with van der Waals surface area (Å²) in [5.41, 5.74) is 2.98. The molecular weight excluding hydrogens is 230 g/mol. The van der Waals surface area contributed by atoms with Crippen LogP contribution in [0.25, 0.3) is 5.57 Å². The zero-order valence-corrected chi connectivity index (χ0v) is 11.7. The first kappa shape index (κ1) is 13.8. The van der Waals surface area contributed by atoms with Crippen LogP contribution in [-0.4, -0.2) is 15.2 Å². The lowest BCUT2D eigenvalue weighted by molar-refractivity contribution is 0.651. The first-order valence-electron chi connectivity index (χ1n) is 5.53. The SMILES string of the molecule is C=C(C)c1ccccc1/C=N\[S@@](=O)C(C)(C)C. The number of rotatable bonds is 3. The van der Waals surface area contributed by atoms with E-state index in [-0.39, 0.29) is 4.75 Å². The Hall–Kier alpha value is -1.22. The molecule has 3 heteroatoms. The van der Waals surface area contributed by atoms with E-state index < -0.39 is 11.0 Å². The van der Waals surface area contributed by atoms with E-state index in [1.54, 1.807) is 6.21 Å². The molecule has 0 saturated carbocycles. The topological polar surface area (TPSA) is 29.4 Å². The summed E-state index contributed by atoms with van der Waals surface area (Å²) in [6.45, 7) is 11.6. The minimum absolute atomic E-state index is 0.325. The third-order valence-electron chi connectivity index (χ3n) is 2.23. The lowest BCUT2D eigenvalue weighted by Crippen LogP contribution is -2.19. The second-order valence-corrected chi connectivity index (χ2v) is 6.90. The highest BCUT2D eigenvalue weighted by Crippen LogP contribution is 2.17. The van der Waals surface area contributed by atoms with Crippen LogP contribution >= 0.6 is 0 Å². The van der Waals surface area contributed by atoms with Crippen LogP contribution in [0.1, 0.15) is 38.8 Å². The van der Waals surface area contributed by atoms with Crippen LogP contribution in [0.3, 0.4) is 0 Å². The molecule has 0 amide bonds. The molecule has 92 valence electrons. The van der Waals surface area contributed by atoms with Crippen LogP contribution in [0.15, 0.2) is 35.2 Å². The zero-order chi connectivity index (χ0) is 13.1. The van der Waals surface area contributed by atoms with Gasteiger partial charge in [0, 0.05) is 11.8 Å². The molecule has 0 aliphatic rings. The Bertz CT molecular complexity index is 469. The lowest BCUT2D eigenvalue weighted by atomic mass is 10.0. The second kappa shape index (κ2) is 5.41. The number of nitrogens with zero attached hydrogens (tertiary/aromatic N) is 1. The molecule has 1 aromatic carbocycles. The van der Waals surface area contributed by atoms with Crippen molar-refractivity contribution in [3.8, 4) is 0 Å². The Kier molecular flexibility index (Phi) is 4.40. The maximum absolute atomic E-state index is 11.8. The standard InChI is InChI=1S/C14H19NOS/c1-11(2)13-9-7-6-8-12(13)10-15-17(16)14(3,4)5/h6-10H,1H2,2-5H3/b15-10-/t17-/m0/s1. The molecular formula is C14H19NOS. The van der Waals surface area contributed by atoms with Crippen molar-refractivity contribution in [1.82, 2.24) is 0 Å². The Morgan fingerprint density at radius 1 is 1.35 bits per heavy atom. The number of hydrogen-bond acceptors (Lipinski definition) is 1. The first-order chi connectivity index (χ1) is 7.82. The van der Waals surface area contributed by atoms with Crippen molar-refractivity contribution >= 4 is 22.8 Å². The van der Waals surface area contributed by atoms with Crippen LogP contribution in [0.4, 0.5) is 0 Å². The summed E-state index contributed by atoms with van der Waals surface area (Å²) in [5.74, 6) is 0. The Morgan fingerprint density at radius 2 is 1.94 bits per heavy atom. The fourth-order valence-corrected chi connectivity index (χ4v) is 1.79. The van der Waals surface area contributed by atoms with E-state index in [0.29, 0.717) is 0 Å². The van der Waals surface area contributed by atoms with Crippen molar-refractivity contribution in [3.05, 3.63) is 42.0 Å². The van der Waals surface area contributed by atoms with Crippen molar-refractivity contribution in [3.63, 3.8) is 0 Å². The molecule has 0 N–H and O–H groups in total. The normalized spacial score (nSPS) is 13.9. The van der Waals surface area contributed by atoms with E-state index in [0.717, 1.165) is 16.7 Å². The highest BCUT2D eigenvalue weighted by atomic mass is 32.2. The summed E-state index contributed by atoms with van der Waals surface area (Å²) in [5, 5.41) is 0. The van der Waals surface area contributed by atoms with E-state index in [9.17, 15) is 4.21 Å². The van der Waals surface area contributed by atoms with Crippen LogP contribution in [-0.2, 0) is 11.0 Å². The van der Waals surface area contributed by atoms with E-state index in [1.165, 1.54) is 0 Å². The summed E-state index contributed by atoms with van der Waals surface area (Å²) in [6, 6.07) is 7.84. The van der Waals surface area contributed by atoms with Gasteiger partial charge >= 0.3 is 0 Å². The maximum Gasteiger partial charge on any atom is 0.144 e. The van der Waals surface area contributed by atoms with Gasteiger partial charge in [-0.1, -0.05) is 36.4 Å². The summed E-state index contributed by atoms with van der Waals surface area (Å²) >= 11 is 0. The smallest absolute Gasteiger partial charge is 0.144 e. The lowest BCUT2D eigenvalue weighted by Gasteiger charge is -2.13. The third kappa shape index (κ3) is 3.93. The molecule has 0 aromatic heterocycles. The molecule has 0 fully saturated rings. The fraction of sp³-hybridized carbons (Fsp3) is 0.357. The Labute approximate surface area is 106 Å². The molecule has 0 unspecified atom stereocenters. The molecule has 1 aromatic rings. The van der Waals surface area contributed by atoms with Gasteiger partial charge in [0.2, 0.25) is 0 Å². The molecule has 1 rings (SSSR count). The van der Waals surface area contributed by atoms with Gasteiger partial charge < -0.3 is 0 Å². The number of hydrogen-bond donors (Lipinski definition) is 0. The highest BCUT2D eigenvalue weighted by Gasteiger charge is 2.18. The molecule has 2 nitrogen and oxygen atoms in total. The van der Waals surface area contributed by atoms with Crippen molar-refractivity contribution < 1.29 is 4.21 Å². The molecule has 17 heavy (non-hydrogen) atoms. The van der Waals surface area contributed by atoms with Gasteiger partial charge in [-0.15, -0.1) is 0 Å². The number of benzene rings is 1. The fourth-order valence-electron chi connectivity index (χ4n) is 1.26. The van der Waals surface area contributed by atoms with Gasteiger partial charge in [0.25, 0.3) is 0 Å². The molecule has 0 bridgehead atoms. The van der Waals surface area contributed by atoms with Crippen molar-refractivity contribution in [2.24, 2.45) is 4.40 Å². The molecule has 0 aliphatic carbocycles. The predicted octanol–water partition coefficient (Wildman–Crippen LogP) is 3.60. The van der Waals surface area contributed by atoms with Gasteiger partial charge in [0.1, 0.15) is 11.0 Å². The van der Waals surface area contributed by atoms with Gasteiger partial charge in [0.15, 0.2) is 0 Å². The van der Waals surface area contributed by atoms with Crippen molar-refractivity contribution in [1.29, 1.82) is 0 Å². The molecule has 0 saturated heterocycles. The highest BCUT2D eigenvalue weighted by molar-refractivity contribution is 7.85. The second-order valence-electron chi connectivity index (χ2n) is 4.96. The van der Waals surface area contributed by atoms with Crippen LogP contribution in [0.2, 0.25) is 0 Å². The minimum atomic E-state index is -1.22. The minimum Gasteiger partial charge on any atom is -0.234 e. The summed E-state index contributed by atoms with van der Waals surface area (Å²) < 4.78 is 15.6. The first-order valence-corrected chi connectivity index (χ1v) is 6.64. The van der Waals surface area contributed by atoms with Crippen LogP contribution < -0.4 is 0 Å². The largest absolute Gasteiger partial charge is 0.234 e. The van der Waals surface area contributed by atoms with E-state index in [4.69, 9.17) is 0 Å². The van der Waals surface area contributed by atoms with Crippen LogP contribution in [0.5, 0.6) is 0 Å². The average Bonchev–Trinajstić information content (AvgIpc) is 2.24. The summed E-state index contributed by atoms with van der Waals surface area (Å²) in [7, 11) is -1.22. The maximum atomic E-state index is 11.8. The molecule has 0 radical (unpaired) electrons. The molecule has 0 heterocycles. The zero-order valence-electron chi connectivity index (χ0n) is 10.9. The summed E-state index contributed by atoms with van der Waals surface area (Å²) in [6.07, 6.45) is 1.67. The van der Waals surface area contributed by atoms with Gasteiger partial charge in [-0.2, -0.15) is 4.40 Å². The predicted molar refractivity (Wildman–Crippen MR) is 76.6 cm³/mol. The van der Waals surface area contributed by atoms with Gasteiger partial charge in [0.05, 0.1) is 4.75 Å². The van der Waals surface area contributed by atoms with Gasteiger partial charge in [-0.25, -0.2) is 4.21 Å². The van der Waals surface area contributed by atoms with Crippen molar-refractivity contribution in [2.45, 2.75) is 32.4 Å². The third-order valence-corrected chi connectivity index (χ3v) is 3.58. The Balaban J connectivity index is 3.00. The summed E-state index contributed by atoms with van der Waals surface area (Å²) in [4.78, 5) is 0. The number of allylic oxidation sites excluding steroid dienone is 1. The Morgan fingerprint density at radius 3 is 2.47 bits per heavy atom. The molecule has 0 spiro atoms. The van der Waals surface area contributed by atoms with Gasteiger partial charge in [-0.05, 0) is 33.3 Å². The quantitative estimate of drug-likeness (QED) is 0.753. The monoisotopic (exact) mass is 249 g/mol. The van der Waals surface area contributed by atoms with E-state index >= 15 is 0 Å². The van der Waals surface area contributed by atoms with Crippen molar-refractivity contribution in [2.75, 3.05) is 0 Å². The van der Waals surface area contributed by atoms with E-state index in [2.05, 4.69) is 11.0 Å². The van der Waals surface area contributed by atoms with Gasteiger partial charge in [-0.3, -0.25) is 0 Å². The molecule has 1 atom stereocenters. The average molecular weight is 249 g/mol. The molecule has 0 aliphatic heterocycles. The van der Waals surface area contributed by atoms with Crippen LogP contribution in [0, 0.1) is 0 Å².